The van der Waals surface area contributed by atoms with Gasteiger partial charge in [-0.05, 0) is 25.5 Å². The highest BCUT2D eigenvalue weighted by Crippen LogP contribution is 2.25. The van der Waals surface area contributed by atoms with E-state index in [9.17, 15) is 4.79 Å². The van der Waals surface area contributed by atoms with Gasteiger partial charge in [0, 0.05) is 12.5 Å². The lowest BCUT2D eigenvalue weighted by molar-refractivity contribution is -0.121. The van der Waals surface area contributed by atoms with Crippen molar-refractivity contribution in [3.8, 4) is 0 Å². The van der Waals surface area contributed by atoms with E-state index in [-0.39, 0.29) is 23.0 Å². The first-order valence-corrected chi connectivity index (χ1v) is 6.56. The van der Waals surface area contributed by atoms with Crippen molar-refractivity contribution in [2.24, 2.45) is 10.9 Å². The molecule has 0 aromatic heterocycles. The summed E-state index contributed by atoms with van der Waals surface area (Å²) in [7, 11) is 0. The third-order valence-corrected chi connectivity index (χ3v) is 3.88. The first-order chi connectivity index (χ1) is 7.63. The zero-order valence-corrected chi connectivity index (χ0v) is 10.3. The summed E-state index contributed by atoms with van der Waals surface area (Å²) in [4.78, 5) is 11.8. The molecule has 2 atom stereocenters. The van der Waals surface area contributed by atoms with Crippen LogP contribution in [0.1, 0.15) is 32.6 Å². The monoisotopic (exact) mass is 245 g/mol. The summed E-state index contributed by atoms with van der Waals surface area (Å²) in [5.41, 5.74) is 5.37. The van der Waals surface area contributed by atoms with E-state index in [0.29, 0.717) is 6.42 Å². The molecule has 0 aliphatic carbocycles. The minimum Gasteiger partial charge on any atom is -0.409 e. The molecule has 1 aliphatic heterocycles. The molecule has 0 bridgehead atoms. The van der Waals surface area contributed by atoms with Crippen LogP contribution in [-0.2, 0) is 4.79 Å². The summed E-state index contributed by atoms with van der Waals surface area (Å²) >= 11 is 1.72. The molecule has 0 spiro atoms. The number of oxime groups is 1. The van der Waals surface area contributed by atoms with Gasteiger partial charge in [0.05, 0.1) is 5.25 Å². The first kappa shape index (κ1) is 13.2. The van der Waals surface area contributed by atoms with E-state index in [0.717, 1.165) is 18.6 Å². The Balaban J connectivity index is 2.32. The smallest absolute Gasteiger partial charge is 0.233 e. The second-order valence-corrected chi connectivity index (χ2v) is 5.37. The molecule has 2 unspecified atom stereocenters. The average Bonchev–Trinajstić information content (AvgIpc) is 2.29. The molecule has 1 saturated heterocycles. The van der Waals surface area contributed by atoms with Crippen LogP contribution in [0.25, 0.3) is 0 Å². The fourth-order valence-electron chi connectivity index (χ4n) is 1.69. The van der Waals surface area contributed by atoms with E-state index < -0.39 is 0 Å². The fraction of sp³-hybridized carbons (Fsp3) is 0.800. The van der Waals surface area contributed by atoms with Crippen LogP contribution in [0.2, 0.25) is 0 Å². The molecule has 0 saturated carbocycles. The average molecular weight is 245 g/mol. The number of carbonyl (C=O) groups is 1. The number of amides is 1. The van der Waals surface area contributed by atoms with Gasteiger partial charge in [-0.3, -0.25) is 4.79 Å². The van der Waals surface area contributed by atoms with Gasteiger partial charge in [0.2, 0.25) is 5.91 Å². The molecule has 16 heavy (non-hydrogen) atoms. The Hall–Kier alpha value is -0.910. The highest BCUT2D eigenvalue weighted by molar-refractivity contribution is 8.00. The SMILES string of the molecule is CC(CC(N)=NO)NC(=O)C1CCCCS1. The Morgan fingerprint density at radius 1 is 1.69 bits per heavy atom. The van der Waals surface area contributed by atoms with Crippen molar-refractivity contribution in [2.45, 2.75) is 43.9 Å². The minimum absolute atomic E-state index is 0.0722. The van der Waals surface area contributed by atoms with E-state index >= 15 is 0 Å². The number of hydrogen-bond donors (Lipinski definition) is 3. The van der Waals surface area contributed by atoms with E-state index in [1.807, 2.05) is 6.92 Å². The molecule has 0 aromatic rings. The highest BCUT2D eigenvalue weighted by Gasteiger charge is 2.22. The van der Waals surface area contributed by atoms with Crippen molar-refractivity contribution in [3.05, 3.63) is 0 Å². The van der Waals surface area contributed by atoms with Crippen molar-refractivity contribution < 1.29 is 10.0 Å². The minimum atomic E-state index is -0.0917. The number of carbonyl (C=O) groups excluding carboxylic acids is 1. The maximum atomic E-state index is 11.8. The van der Waals surface area contributed by atoms with Crippen molar-refractivity contribution in [2.75, 3.05) is 5.75 Å². The zero-order valence-electron chi connectivity index (χ0n) is 9.48. The van der Waals surface area contributed by atoms with E-state index in [1.165, 1.54) is 6.42 Å². The summed E-state index contributed by atoms with van der Waals surface area (Å²) in [5.74, 6) is 1.28. The van der Waals surface area contributed by atoms with Gasteiger partial charge in [0.15, 0.2) is 0 Å². The molecular formula is C10H19N3O2S. The summed E-state index contributed by atoms with van der Waals surface area (Å²) < 4.78 is 0. The summed E-state index contributed by atoms with van der Waals surface area (Å²) in [6.45, 7) is 1.85. The quantitative estimate of drug-likeness (QED) is 0.297. The molecule has 4 N–H and O–H groups in total. The molecule has 0 radical (unpaired) electrons. The standard InChI is InChI=1S/C10H19N3O2S/c1-7(6-9(11)13-15)12-10(14)8-4-2-3-5-16-8/h7-8,15H,2-6H2,1H3,(H2,11,13)(H,12,14). The third-order valence-electron chi connectivity index (χ3n) is 2.50. The second-order valence-electron chi connectivity index (χ2n) is 4.06. The van der Waals surface area contributed by atoms with Crippen LogP contribution >= 0.6 is 11.8 Å². The highest BCUT2D eigenvalue weighted by atomic mass is 32.2. The van der Waals surface area contributed by atoms with Crippen LogP contribution in [0.3, 0.4) is 0 Å². The Kier molecular flexibility index (Phi) is 5.45. The summed E-state index contributed by atoms with van der Waals surface area (Å²) in [6, 6.07) is -0.0917. The van der Waals surface area contributed by atoms with Gasteiger partial charge in [-0.1, -0.05) is 11.6 Å². The molecular weight excluding hydrogens is 226 g/mol. The maximum absolute atomic E-state index is 11.8. The predicted molar refractivity (Wildman–Crippen MR) is 65.7 cm³/mol. The molecule has 1 aliphatic rings. The normalized spacial score (nSPS) is 23.8. The van der Waals surface area contributed by atoms with Gasteiger partial charge >= 0.3 is 0 Å². The van der Waals surface area contributed by atoms with Gasteiger partial charge < -0.3 is 16.3 Å². The van der Waals surface area contributed by atoms with Crippen LogP contribution in [-0.4, -0.2) is 34.0 Å². The Morgan fingerprint density at radius 2 is 2.44 bits per heavy atom. The molecule has 1 heterocycles. The zero-order chi connectivity index (χ0) is 12.0. The topological polar surface area (TPSA) is 87.7 Å². The molecule has 92 valence electrons. The van der Waals surface area contributed by atoms with E-state index in [1.54, 1.807) is 11.8 Å². The van der Waals surface area contributed by atoms with Gasteiger partial charge in [0.1, 0.15) is 5.84 Å². The lowest BCUT2D eigenvalue weighted by atomic mass is 10.1. The van der Waals surface area contributed by atoms with E-state index in [4.69, 9.17) is 10.9 Å². The van der Waals surface area contributed by atoms with Crippen LogP contribution in [0.5, 0.6) is 0 Å². The number of nitrogens with one attached hydrogen (secondary N) is 1. The molecule has 5 nitrogen and oxygen atoms in total. The van der Waals surface area contributed by atoms with Gasteiger partial charge in [0.25, 0.3) is 0 Å². The van der Waals surface area contributed by atoms with Crippen molar-refractivity contribution in [1.29, 1.82) is 0 Å². The number of nitrogens with zero attached hydrogens (tertiary/aromatic N) is 1. The molecule has 6 heteroatoms. The number of amidine groups is 1. The lowest BCUT2D eigenvalue weighted by Crippen LogP contribution is -2.41. The first-order valence-electron chi connectivity index (χ1n) is 5.52. The number of rotatable bonds is 4. The number of hydrogen-bond acceptors (Lipinski definition) is 4. The van der Waals surface area contributed by atoms with Crippen LogP contribution < -0.4 is 11.1 Å². The largest absolute Gasteiger partial charge is 0.409 e. The lowest BCUT2D eigenvalue weighted by Gasteiger charge is -2.22. The maximum Gasteiger partial charge on any atom is 0.233 e. The Labute approximate surface area is 99.8 Å². The molecule has 1 rings (SSSR count). The van der Waals surface area contributed by atoms with Crippen LogP contribution in [0, 0.1) is 0 Å². The molecule has 1 fully saturated rings. The third kappa shape index (κ3) is 4.30. The molecule has 1 amide bonds. The van der Waals surface area contributed by atoms with Crippen molar-refractivity contribution in [1.82, 2.24) is 5.32 Å². The second kappa shape index (κ2) is 6.62. The summed E-state index contributed by atoms with van der Waals surface area (Å²) in [5, 5.41) is 14.3. The van der Waals surface area contributed by atoms with Gasteiger partial charge in [-0.2, -0.15) is 0 Å². The van der Waals surface area contributed by atoms with E-state index in [2.05, 4.69) is 10.5 Å². The van der Waals surface area contributed by atoms with Crippen molar-refractivity contribution >= 4 is 23.5 Å². The predicted octanol–water partition coefficient (Wildman–Crippen LogP) is 0.913. The van der Waals surface area contributed by atoms with Crippen molar-refractivity contribution in [3.63, 3.8) is 0 Å². The van der Waals surface area contributed by atoms with Crippen LogP contribution in [0.15, 0.2) is 5.16 Å². The van der Waals surface area contributed by atoms with Crippen LogP contribution in [0.4, 0.5) is 0 Å². The number of nitrogens with two attached hydrogens (primary N) is 1. The number of thioether (sulfide) groups is 1. The Bertz CT molecular complexity index is 265. The van der Waals surface area contributed by atoms with Gasteiger partial charge in [-0.25, -0.2) is 0 Å². The Morgan fingerprint density at radius 3 is 3.00 bits per heavy atom. The molecule has 0 aromatic carbocycles. The fourth-order valence-corrected chi connectivity index (χ4v) is 2.90. The summed E-state index contributed by atoms with van der Waals surface area (Å²) in [6.07, 6.45) is 3.65. The van der Waals surface area contributed by atoms with Gasteiger partial charge in [-0.15, -0.1) is 11.8 Å².